The van der Waals surface area contributed by atoms with E-state index in [9.17, 15) is 29.1 Å². The topological polar surface area (TPSA) is 168 Å². The van der Waals surface area contributed by atoms with Gasteiger partial charge in [0.05, 0.1) is 24.6 Å². The fourth-order valence-corrected chi connectivity index (χ4v) is 6.23. The van der Waals surface area contributed by atoms with E-state index in [1.54, 1.807) is 19.2 Å². The summed E-state index contributed by atoms with van der Waals surface area (Å²) in [5, 5.41) is 17.8. The highest BCUT2D eigenvalue weighted by Crippen LogP contribution is 2.52. The molecule has 0 saturated carbocycles. The molecule has 41 heavy (non-hydrogen) atoms. The van der Waals surface area contributed by atoms with Gasteiger partial charge in [0.2, 0.25) is 11.8 Å². The molecule has 4 unspecified atom stereocenters. The standard InChI is InChI=1S/C30H30N4O7/c1-16(35)17-8-10-18(11-9-17)34-26(36)23-24(27(34)37)30(28(38)39,14-5-15-32-29(31)40)33-25(23)21-12-13-22(41-2)20-7-4-3-6-19(20)21/h3-4,6-13,23-25,33H,5,14-15H2,1-2H3,(H,38,39)(H3,31,32,40). The van der Waals surface area contributed by atoms with Gasteiger partial charge in [-0.05, 0) is 61.0 Å². The van der Waals surface area contributed by atoms with E-state index in [0.29, 0.717) is 16.9 Å². The maximum Gasteiger partial charge on any atom is 0.324 e. The molecule has 2 aliphatic heterocycles. The normalized spacial score (nSPS) is 23.5. The third-order valence-corrected chi connectivity index (χ3v) is 8.09. The van der Waals surface area contributed by atoms with Gasteiger partial charge in [0, 0.05) is 23.5 Å². The number of nitrogens with zero attached hydrogens (tertiary/aromatic N) is 1. The quantitative estimate of drug-likeness (QED) is 0.177. The first-order valence-corrected chi connectivity index (χ1v) is 13.2. The molecule has 5 rings (SSSR count). The van der Waals surface area contributed by atoms with Crippen molar-refractivity contribution in [3.63, 3.8) is 0 Å². The molecule has 3 aromatic rings. The number of imide groups is 1. The molecule has 3 aromatic carbocycles. The summed E-state index contributed by atoms with van der Waals surface area (Å²) in [6, 6.07) is 15.5. The van der Waals surface area contributed by atoms with E-state index in [1.807, 2.05) is 24.3 Å². The highest BCUT2D eigenvalue weighted by Gasteiger charge is 2.68. The van der Waals surface area contributed by atoms with Crippen LogP contribution in [0.25, 0.3) is 10.8 Å². The SMILES string of the molecule is COc1ccc(C2NC(CCCNC(N)=O)(C(=O)O)C3C(=O)N(c4ccc(C(C)=O)cc4)C(=O)C23)c2ccccc12. The van der Waals surface area contributed by atoms with Crippen molar-refractivity contribution in [2.75, 3.05) is 18.6 Å². The van der Waals surface area contributed by atoms with Gasteiger partial charge in [0.15, 0.2) is 5.78 Å². The van der Waals surface area contributed by atoms with Crippen molar-refractivity contribution < 1.29 is 33.8 Å². The minimum Gasteiger partial charge on any atom is -0.496 e. The van der Waals surface area contributed by atoms with E-state index in [2.05, 4.69) is 10.6 Å². The number of amides is 4. The van der Waals surface area contributed by atoms with Crippen LogP contribution < -0.4 is 26.0 Å². The predicted molar refractivity (Wildman–Crippen MR) is 149 cm³/mol. The van der Waals surface area contributed by atoms with E-state index in [0.717, 1.165) is 15.7 Å². The Morgan fingerprint density at radius 3 is 2.32 bits per heavy atom. The number of Topliss-reactive ketones (excluding diaryl/α,β-unsaturated/α-hetero) is 1. The first kappa shape index (κ1) is 27.8. The molecular formula is C30H30N4O7. The molecule has 11 nitrogen and oxygen atoms in total. The van der Waals surface area contributed by atoms with Gasteiger partial charge in [-0.3, -0.25) is 24.5 Å². The Balaban J connectivity index is 1.64. The summed E-state index contributed by atoms with van der Waals surface area (Å²) in [5.41, 5.74) is 4.69. The number of hydrogen-bond acceptors (Lipinski definition) is 7. The monoisotopic (exact) mass is 558 g/mol. The number of urea groups is 1. The number of anilines is 1. The van der Waals surface area contributed by atoms with Crippen LogP contribution >= 0.6 is 0 Å². The molecule has 4 atom stereocenters. The number of rotatable bonds is 9. The fraction of sp³-hybridized carbons (Fsp3) is 0.300. The molecule has 2 aliphatic rings. The van der Waals surface area contributed by atoms with Crippen LogP contribution in [0.3, 0.4) is 0 Å². The molecule has 0 bridgehead atoms. The Labute approximate surface area is 235 Å². The number of carbonyl (C=O) groups is 5. The second-order valence-electron chi connectivity index (χ2n) is 10.3. The number of carbonyl (C=O) groups excluding carboxylic acids is 4. The largest absolute Gasteiger partial charge is 0.496 e. The van der Waals surface area contributed by atoms with Gasteiger partial charge in [-0.15, -0.1) is 0 Å². The highest BCUT2D eigenvalue weighted by atomic mass is 16.5. The van der Waals surface area contributed by atoms with Crippen LogP contribution in [-0.4, -0.2) is 53.9 Å². The Morgan fingerprint density at radius 2 is 1.71 bits per heavy atom. The van der Waals surface area contributed by atoms with Crippen molar-refractivity contribution in [3.8, 4) is 5.75 Å². The zero-order valence-corrected chi connectivity index (χ0v) is 22.5. The Morgan fingerprint density at radius 1 is 1.02 bits per heavy atom. The number of ketones is 1. The number of ether oxygens (including phenoxy) is 1. The molecule has 2 fully saturated rings. The number of benzene rings is 3. The zero-order chi connectivity index (χ0) is 29.5. The number of primary amides is 1. The molecule has 4 amide bonds. The summed E-state index contributed by atoms with van der Waals surface area (Å²) in [7, 11) is 1.55. The van der Waals surface area contributed by atoms with Gasteiger partial charge in [-0.25, -0.2) is 9.69 Å². The van der Waals surface area contributed by atoms with E-state index < -0.39 is 47.2 Å². The van der Waals surface area contributed by atoms with Crippen molar-refractivity contribution in [2.24, 2.45) is 17.6 Å². The van der Waals surface area contributed by atoms with Gasteiger partial charge in [-0.1, -0.05) is 30.3 Å². The molecule has 0 aliphatic carbocycles. The maximum absolute atomic E-state index is 14.1. The third-order valence-electron chi connectivity index (χ3n) is 8.09. The summed E-state index contributed by atoms with van der Waals surface area (Å²) < 4.78 is 5.52. The van der Waals surface area contributed by atoms with Gasteiger partial charge in [0.1, 0.15) is 11.3 Å². The molecule has 212 valence electrons. The number of fused-ring (bicyclic) bond motifs is 2. The van der Waals surface area contributed by atoms with E-state index in [4.69, 9.17) is 10.5 Å². The van der Waals surface area contributed by atoms with Crippen molar-refractivity contribution >= 4 is 46.1 Å². The van der Waals surface area contributed by atoms with Gasteiger partial charge in [-0.2, -0.15) is 0 Å². The van der Waals surface area contributed by atoms with Crippen LogP contribution in [-0.2, 0) is 14.4 Å². The number of nitrogens with two attached hydrogens (primary N) is 1. The summed E-state index contributed by atoms with van der Waals surface area (Å²) >= 11 is 0. The van der Waals surface area contributed by atoms with Crippen LogP contribution in [0.5, 0.6) is 5.75 Å². The summed E-state index contributed by atoms with van der Waals surface area (Å²) in [4.78, 5) is 65.2. The molecule has 0 radical (unpaired) electrons. The minimum absolute atomic E-state index is 0.0511. The third kappa shape index (κ3) is 4.57. The Bertz CT molecular complexity index is 1570. The van der Waals surface area contributed by atoms with Crippen LogP contribution in [0.4, 0.5) is 10.5 Å². The average molecular weight is 559 g/mol. The van der Waals surface area contributed by atoms with Crippen molar-refractivity contribution in [1.82, 2.24) is 10.6 Å². The Hall–Kier alpha value is -4.77. The van der Waals surface area contributed by atoms with Crippen LogP contribution in [0.2, 0.25) is 0 Å². The lowest BCUT2D eigenvalue weighted by molar-refractivity contribution is -0.149. The zero-order valence-electron chi connectivity index (χ0n) is 22.5. The van der Waals surface area contributed by atoms with Crippen molar-refractivity contribution in [2.45, 2.75) is 31.3 Å². The number of aliphatic carboxylic acids is 1. The van der Waals surface area contributed by atoms with E-state index >= 15 is 0 Å². The van der Waals surface area contributed by atoms with Crippen molar-refractivity contribution in [1.29, 1.82) is 0 Å². The maximum atomic E-state index is 14.1. The molecule has 2 saturated heterocycles. The molecule has 11 heteroatoms. The lowest BCUT2D eigenvalue weighted by Gasteiger charge is -2.31. The molecule has 0 aromatic heterocycles. The number of carboxylic acids is 1. The summed E-state index contributed by atoms with van der Waals surface area (Å²) in [5.74, 6) is -4.28. The number of carboxylic acid groups (broad SMARTS) is 1. The number of nitrogens with one attached hydrogen (secondary N) is 2. The number of methoxy groups -OCH3 is 1. The van der Waals surface area contributed by atoms with Crippen LogP contribution in [0, 0.1) is 11.8 Å². The first-order valence-electron chi connectivity index (χ1n) is 13.2. The lowest BCUT2D eigenvalue weighted by atomic mass is 9.76. The predicted octanol–water partition coefficient (Wildman–Crippen LogP) is 2.77. The smallest absolute Gasteiger partial charge is 0.324 e. The molecule has 0 spiro atoms. The summed E-state index contributed by atoms with van der Waals surface area (Å²) in [6.07, 6.45) is 0.140. The van der Waals surface area contributed by atoms with Gasteiger partial charge >= 0.3 is 12.0 Å². The highest BCUT2D eigenvalue weighted by molar-refractivity contribution is 6.24. The lowest BCUT2D eigenvalue weighted by Crippen LogP contribution is -2.56. The van der Waals surface area contributed by atoms with Crippen LogP contribution in [0.1, 0.15) is 41.7 Å². The average Bonchev–Trinajstić information content (AvgIpc) is 3.44. The van der Waals surface area contributed by atoms with Gasteiger partial charge in [0.25, 0.3) is 0 Å². The molecule has 5 N–H and O–H groups in total. The second-order valence-corrected chi connectivity index (χ2v) is 10.3. The Kier molecular flexibility index (Phi) is 7.22. The molecular weight excluding hydrogens is 528 g/mol. The van der Waals surface area contributed by atoms with E-state index in [1.165, 1.54) is 31.2 Å². The summed E-state index contributed by atoms with van der Waals surface area (Å²) in [6.45, 7) is 1.51. The second kappa shape index (κ2) is 10.7. The van der Waals surface area contributed by atoms with Crippen molar-refractivity contribution in [3.05, 3.63) is 71.8 Å². The molecule has 2 heterocycles. The fourth-order valence-electron chi connectivity index (χ4n) is 6.23. The number of hydrogen-bond donors (Lipinski definition) is 4. The minimum atomic E-state index is -1.81. The van der Waals surface area contributed by atoms with Gasteiger partial charge < -0.3 is 20.9 Å². The first-order chi connectivity index (χ1) is 19.6. The van der Waals surface area contributed by atoms with E-state index in [-0.39, 0.29) is 30.9 Å². The van der Waals surface area contributed by atoms with Crippen LogP contribution in [0.15, 0.2) is 60.7 Å².